The molecule has 26 heavy (non-hydrogen) atoms. The maximum absolute atomic E-state index is 12.8. The Hall–Kier alpha value is -1.89. The van der Waals surface area contributed by atoms with E-state index in [0.29, 0.717) is 31.2 Å². The molecule has 0 spiro atoms. The van der Waals surface area contributed by atoms with Crippen LogP contribution in [0.15, 0.2) is 29.2 Å². The van der Waals surface area contributed by atoms with Gasteiger partial charge >= 0.3 is 5.97 Å². The number of aliphatic carboxylic acids is 1. The number of amides is 1. The number of benzene rings is 1. The van der Waals surface area contributed by atoms with Crippen molar-refractivity contribution < 1.29 is 23.1 Å². The second kappa shape index (κ2) is 7.39. The van der Waals surface area contributed by atoms with E-state index in [0.717, 1.165) is 12.8 Å². The Bertz CT molecular complexity index is 781. The molecule has 6 nitrogen and oxygen atoms in total. The number of nitrogens with zero attached hydrogens (tertiary/aromatic N) is 1. The number of carbonyl (C=O) groups excluding carboxylic acids is 1. The van der Waals surface area contributed by atoms with E-state index in [4.69, 9.17) is 0 Å². The van der Waals surface area contributed by atoms with E-state index in [9.17, 15) is 23.1 Å². The number of rotatable bonds is 4. The standard InChI is InChI=1S/C19H25NO5S/c1-13-6-7-15(19(22)23)12-20(13)18(21)14-8-10-17(11-9-14)26(24,25)16-4-2-3-5-16/h8-11,13,15-16H,2-7,12H2,1H3,(H,22,23). The van der Waals surface area contributed by atoms with Crippen molar-refractivity contribution in [1.82, 2.24) is 4.90 Å². The lowest BCUT2D eigenvalue weighted by Crippen LogP contribution is -2.47. The lowest BCUT2D eigenvalue weighted by Gasteiger charge is -2.36. The number of hydrogen-bond acceptors (Lipinski definition) is 4. The van der Waals surface area contributed by atoms with Crippen LogP contribution in [0.3, 0.4) is 0 Å². The number of carboxylic acid groups (broad SMARTS) is 1. The Kier molecular flexibility index (Phi) is 5.37. The predicted octanol–water partition coefficient (Wildman–Crippen LogP) is 2.73. The quantitative estimate of drug-likeness (QED) is 0.868. The van der Waals surface area contributed by atoms with E-state index in [1.807, 2.05) is 6.92 Å². The maximum atomic E-state index is 12.8. The summed E-state index contributed by atoms with van der Waals surface area (Å²) < 4.78 is 25.3. The number of piperidine rings is 1. The first-order valence-corrected chi connectivity index (χ1v) is 10.7. The van der Waals surface area contributed by atoms with Crippen molar-refractivity contribution in [2.45, 2.75) is 61.6 Å². The Morgan fingerprint density at radius 3 is 2.23 bits per heavy atom. The molecule has 3 rings (SSSR count). The molecule has 1 amide bonds. The third-order valence-electron chi connectivity index (χ3n) is 5.66. The van der Waals surface area contributed by atoms with Gasteiger partial charge < -0.3 is 10.0 Å². The van der Waals surface area contributed by atoms with Crippen molar-refractivity contribution in [2.24, 2.45) is 5.92 Å². The van der Waals surface area contributed by atoms with Crippen molar-refractivity contribution in [1.29, 1.82) is 0 Å². The smallest absolute Gasteiger partial charge is 0.308 e. The summed E-state index contributed by atoms with van der Waals surface area (Å²) in [5.41, 5.74) is 0.397. The SMILES string of the molecule is CC1CCC(C(=O)O)CN1C(=O)c1ccc(S(=O)(=O)C2CCCC2)cc1. The zero-order valence-corrected chi connectivity index (χ0v) is 15.7. The minimum atomic E-state index is -3.34. The van der Waals surface area contributed by atoms with Crippen LogP contribution in [0.25, 0.3) is 0 Å². The van der Waals surface area contributed by atoms with Gasteiger partial charge in [-0.1, -0.05) is 12.8 Å². The van der Waals surface area contributed by atoms with Crippen LogP contribution in [0.5, 0.6) is 0 Å². The highest BCUT2D eigenvalue weighted by atomic mass is 32.2. The van der Waals surface area contributed by atoms with Crippen LogP contribution in [0.2, 0.25) is 0 Å². The fraction of sp³-hybridized carbons (Fsp3) is 0.579. The molecule has 142 valence electrons. The third kappa shape index (κ3) is 3.63. The molecule has 1 saturated carbocycles. The highest BCUT2D eigenvalue weighted by molar-refractivity contribution is 7.92. The molecule has 2 fully saturated rings. The van der Waals surface area contributed by atoms with Gasteiger partial charge in [-0.3, -0.25) is 9.59 Å². The van der Waals surface area contributed by atoms with E-state index in [2.05, 4.69) is 0 Å². The average Bonchev–Trinajstić information content (AvgIpc) is 3.17. The molecule has 1 N–H and O–H groups in total. The molecule has 2 atom stereocenters. The van der Waals surface area contributed by atoms with Crippen LogP contribution in [-0.2, 0) is 14.6 Å². The van der Waals surface area contributed by atoms with Gasteiger partial charge in [-0.05, 0) is 56.9 Å². The lowest BCUT2D eigenvalue weighted by molar-refractivity contribution is -0.143. The number of hydrogen-bond donors (Lipinski definition) is 1. The Balaban J connectivity index is 1.77. The van der Waals surface area contributed by atoms with E-state index >= 15 is 0 Å². The van der Waals surface area contributed by atoms with Crippen LogP contribution in [-0.4, -0.2) is 48.1 Å². The molecule has 1 saturated heterocycles. The fourth-order valence-corrected chi connectivity index (χ4v) is 5.79. The van der Waals surface area contributed by atoms with Crippen LogP contribution < -0.4 is 0 Å². The first-order chi connectivity index (χ1) is 12.3. The molecule has 1 aliphatic heterocycles. The Morgan fingerprint density at radius 2 is 1.65 bits per heavy atom. The molecule has 1 aromatic rings. The topological polar surface area (TPSA) is 91.8 Å². The molecule has 2 unspecified atom stereocenters. The molecule has 1 heterocycles. The van der Waals surface area contributed by atoms with E-state index in [-0.39, 0.29) is 28.6 Å². The Labute approximate surface area is 154 Å². The first-order valence-electron chi connectivity index (χ1n) is 9.18. The molecule has 1 aliphatic carbocycles. The van der Waals surface area contributed by atoms with E-state index in [1.54, 1.807) is 17.0 Å². The van der Waals surface area contributed by atoms with Gasteiger partial charge in [0.1, 0.15) is 0 Å². The second-order valence-electron chi connectivity index (χ2n) is 7.39. The summed E-state index contributed by atoms with van der Waals surface area (Å²) in [5.74, 6) is -1.67. The molecule has 0 radical (unpaired) electrons. The van der Waals surface area contributed by atoms with Crippen LogP contribution in [0.1, 0.15) is 55.8 Å². The van der Waals surface area contributed by atoms with E-state index in [1.165, 1.54) is 12.1 Å². The molecule has 0 aromatic heterocycles. The second-order valence-corrected chi connectivity index (χ2v) is 9.62. The molecule has 0 bridgehead atoms. The molecular weight excluding hydrogens is 354 g/mol. The van der Waals surface area contributed by atoms with Crippen LogP contribution in [0, 0.1) is 5.92 Å². The van der Waals surface area contributed by atoms with Gasteiger partial charge in [0.15, 0.2) is 9.84 Å². The van der Waals surface area contributed by atoms with Gasteiger partial charge in [0, 0.05) is 18.2 Å². The highest BCUT2D eigenvalue weighted by Crippen LogP contribution is 2.30. The van der Waals surface area contributed by atoms with Gasteiger partial charge in [-0.25, -0.2) is 8.42 Å². The Morgan fingerprint density at radius 1 is 1.04 bits per heavy atom. The number of likely N-dealkylation sites (tertiary alicyclic amines) is 1. The van der Waals surface area contributed by atoms with Crippen LogP contribution in [0.4, 0.5) is 0 Å². The minimum absolute atomic E-state index is 0.0278. The fourth-order valence-electron chi connectivity index (χ4n) is 3.94. The maximum Gasteiger partial charge on any atom is 0.308 e. The number of carboxylic acids is 1. The van der Waals surface area contributed by atoms with Crippen molar-refractivity contribution in [3.63, 3.8) is 0 Å². The summed E-state index contributed by atoms with van der Waals surface area (Å²) in [6.07, 6.45) is 4.50. The van der Waals surface area contributed by atoms with Gasteiger partial charge in [0.25, 0.3) is 5.91 Å². The van der Waals surface area contributed by atoms with Gasteiger partial charge in [-0.15, -0.1) is 0 Å². The van der Waals surface area contributed by atoms with Crippen molar-refractivity contribution in [2.75, 3.05) is 6.54 Å². The lowest BCUT2D eigenvalue weighted by atomic mass is 9.93. The average molecular weight is 379 g/mol. The summed E-state index contributed by atoms with van der Waals surface area (Å²) in [4.78, 5) is 25.9. The molecule has 7 heteroatoms. The van der Waals surface area contributed by atoms with Gasteiger partial charge in [0.2, 0.25) is 0 Å². The zero-order chi connectivity index (χ0) is 18.9. The summed E-state index contributed by atoms with van der Waals surface area (Å²) in [7, 11) is -3.34. The third-order valence-corrected chi connectivity index (χ3v) is 7.94. The van der Waals surface area contributed by atoms with Gasteiger partial charge in [-0.2, -0.15) is 0 Å². The number of sulfone groups is 1. The molecule has 2 aliphatic rings. The van der Waals surface area contributed by atoms with E-state index < -0.39 is 21.7 Å². The number of carbonyl (C=O) groups is 2. The molecule has 1 aromatic carbocycles. The summed E-state index contributed by atoms with van der Waals surface area (Å²) >= 11 is 0. The van der Waals surface area contributed by atoms with Crippen molar-refractivity contribution >= 4 is 21.7 Å². The highest BCUT2D eigenvalue weighted by Gasteiger charge is 2.34. The molecular formula is C19H25NO5S. The summed E-state index contributed by atoms with van der Waals surface area (Å²) in [5, 5.41) is 8.90. The predicted molar refractivity (Wildman–Crippen MR) is 96.7 cm³/mol. The normalized spacial score (nSPS) is 24.6. The minimum Gasteiger partial charge on any atom is -0.481 e. The summed E-state index contributed by atoms with van der Waals surface area (Å²) in [6.45, 7) is 2.10. The first kappa shape index (κ1) is 18.9. The van der Waals surface area contributed by atoms with Crippen molar-refractivity contribution in [3.05, 3.63) is 29.8 Å². The van der Waals surface area contributed by atoms with Crippen molar-refractivity contribution in [3.8, 4) is 0 Å². The summed E-state index contributed by atoms with van der Waals surface area (Å²) in [6, 6.07) is 6.07. The van der Waals surface area contributed by atoms with Crippen LogP contribution >= 0.6 is 0 Å². The van der Waals surface area contributed by atoms with Gasteiger partial charge in [0.05, 0.1) is 16.1 Å². The zero-order valence-electron chi connectivity index (χ0n) is 14.9. The largest absolute Gasteiger partial charge is 0.481 e. The monoisotopic (exact) mass is 379 g/mol.